The summed E-state index contributed by atoms with van der Waals surface area (Å²) in [6.45, 7) is 2.84. The van der Waals surface area contributed by atoms with Crippen LogP contribution in [0.1, 0.15) is 26.2 Å². The van der Waals surface area contributed by atoms with Crippen LogP contribution in [0, 0.1) is 0 Å². The van der Waals surface area contributed by atoms with Gasteiger partial charge in [0, 0.05) is 13.2 Å². The van der Waals surface area contributed by atoms with Gasteiger partial charge in [-0.2, -0.15) is 0 Å². The van der Waals surface area contributed by atoms with E-state index in [2.05, 4.69) is 6.92 Å². The molecule has 2 N–H and O–H groups in total. The molecule has 0 rings (SSSR count). The van der Waals surface area contributed by atoms with E-state index in [0.717, 1.165) is 12.8 Å². The van der Waals surface area contributed by atoms with E-state index in [4.69, 9.17) is 10.2 Å². The second kappa shape index (κ2) is 9.44. The predicted octanol–water partition coefficient (Wildman–Crippen LogP) is 1.64. The van der Waals surface area contributed by atoms with Crippen LogP contribution in [0.2, 0.25) is 0 Å². The molecule has 0 spiro atoms. The first kappa shape index (κ1) is 12.3. The molecule has 0 aliphatic heterocycles. The second-order valence-corrected chi connectivity index (χ2v) is 5.68. The fraction of sp³-hybridized carbons (Fsp3) is 1.00. The summed E-state index contributed by atoms with van der Waals surface area (Å²) in [4.78, 5) is 0. The summed E-state index contributed by atoms with van der Waals surface area (Å²) in [7, 11) is 0.107. The van der Waals surface area contributed by atoms with Crippen molar-refractivity contribution < 1.29 is 10.2 Å². The van der Waals surface area contributed by atoms with Crippen LogP contribution in [0.15, 0.2) is 0 Å². The quantitative estimate of drug-likeness (QED) is 0.574. The molecule has 0 aromatic carbocycles. The van der Waals surface area contributed by atoms with Crippen molar-refractivity contribution in [1.82, 2.24) is 0 Å². The minimum Gasteiger partial charge on any atom is -0.396 e. The third kappa shape index (κ3) is 7.02. The monoisotopic (exact) mass is 192 g/mol. The summed E-state index contributed by atoms with van der Waals surface area (Å²) in [6, 6.07) is 0. The molecular weight excluding hydrogens is 171 g/mol. The van der Waals surface area contributed by atoms with Crippen molar-refractivity contribution in [2.45, 2.75) is 26.2 Å². The zero-order valence-electron chi connectivity index (χ0n) is 8.00. The van der Waals surface area contributed by atoms with Crippen LogP contribution in [0.3, 0.4) is 0 Å². The van der Waals surface area contributed by atoms with Crippen LogP contribution in [-0.2, 0) is 0 Å². The maximum Gasteiger partial charge on any atom is 0.0434 e. The number of aliphatic hydroxyl groups excluding tert-OH is 2. The molecule has 0 aromatic rings. The number of hydrogen-bond donors (Lipinski definition) is 2. The van der Waals surface area contributed by atoms with Gasteiger partial charge in [0.25, 0.3) is 0 Å². The lowest BCUT2D eigenvalue weighted by Crippen LogP contribution is -1.98. The van der Waals surface area contributed by atoms with Crippen molar-refractivity contribution in [1.29, 1.82) is 0 Å². The van der Waals surface area contributed by atoms with E-state index in [-0.39, 0.29) is 7.92 Å². The summed E-state index contributed by atoms with van der Waals surface area (Å²) < 4.78 is 0. The van der Waals surface area contributed by atoms with Gasteiger partial charge >= 0.3 is 0 Å². The zero-order valence-corrected chi connectivity index (χ0v) is 8.89. The van der Waals surface area contributed by atoms with Crippen LogP contribution in [0.5, 0.6) is 0 Å². The SMILES string of the molecule is CCCP(CCCO)CCCO. The van der Waals surface area contributed by atoms with Gasteiger partial charge < -0.3 is 10.2 Å². The topological polar surface area (TPSA) is 40.5 Å². The third-order valence-corrected chi connectivity index (χ3v) is 4.78. The molecule has 0 amide bonds. The Morgan fingerprint density at radius 1 is 0.917 bits per heavy atom. The molecule has 0 fully saturated rings. The van der Waals surface area contributed by atoms with E-state index in [1.165, 1.54) is 24.9 Å². The highest BCUT2D eigenvalue weighted by molar-refractivity contribution is 7.57. The highest BCUT2D eigenvalue weighted by atomic mass is 31.1. The van der Waals surface area contributed by atoms with Gasteiger partial charge in [0.2, 0.25) is 0 Å². The molecule has 0 unspecified atom stereocenters. The van der Waals surface area contributed by atoms with Crippen molar-refractivity contribution in [3.63, 3.8) is 0 Å². The normalized spacial score (nSPS) is 11.0. The summed E-state index contributed by atoms with van der Waals surface area (Å²) in [5.41, 5.74) is 0. The Morgan fingerprint density at radius 3 is 1.75 bits per heavy atom. The lowest BCUT2D eigenvalue weighted by molar-refractivity contribution is 0.294. The molecule has 2 nitrogen and oxygen atoms in total. The summed E-state index contributed by atoms with van der Waals surface area (Å²) in [5, 5.41) is 17.3. The molecule has 0 aliphatic carbocycles. The smallest absolute Gasteiger partial charge is 0.0434 e. The average Bonchev–Trinajstić information content (AvgIpc) is 2.10. The summed E-state index contributed by atoms with van der Waals surface area (Å²) in [6.07, 6.45) is 6.78. The van der Waals surface area contributed by atoms with Crippen molar-refractivity contribution in [3.05, 3.63) is 0 Å². The largest absolute Gasteiger partial charge is 0.396 e. The first-order valence-electron chi connectivity index (χ1n) is 4.79. The van der Waals surface area contributed by atoms with Crippen molar-refractivity contribution in [2.24, 2.45) is 0 Å². The molecule has 0 aliphatic rings. The average molecular weight is 192 g/mol. The van der Waals surface area contributed by atoms with Crippen molar-refractivity contribution >= 4 is 7.92 Å². The van der Waals surface area contributed by atoms with Gasteiger partial charge in [0.1, 0.15) is 0 Å². The molecular formula is C9H21O2P. The van der Waals surface area contributed by atoms with E-state index >= 15 is 0 Å². The van der Waals surface area contributed by atoms with Gasteiger partial charge in [0.05, 0.1) is 0 Å². The molecule has 74 valence electrons. The lowest BCUT2D eigenvalue weighted by atomic mass is 10.5. The molecule has 0 atom stereocenters. The van der Waals surface area contributed by atoms with Crippen LogP contribution >= 0.6 is 7.92 Å². The highest BCUT2D eigenvalue weighted by Crippen LogP contribution is 2.37. The molecule has 0 heterocycles. The molecule has 0 aromatic heterocycles. The van der Waals surface area contributed by atoms with Crippen molar-refractivity contribution in [3.8, 4) is 0 Å². The summed E-state index contributed by atoms with van der Waals surface area (Å²) >= 11 is 0. The van der Waals surface area contributed by atoms with E-state index < -0.39 is 0 Å². The minimum absolute atomic E-state index is 0.107. The van der Waals surface area contributed by atoms with Crippen LogP contribution in [0.25, 0.3) is 0 Å². The maximum atomic E-state index is 8.67. The van der Waals surface area contributed by atoms with Gasteiger partial charge in [-0.05, 0) is 31.3 Å². The van der Waals surface area contributed by atoms with Crippen molar-refractivity contribution in [2.75, 3.05) is 31.7 Å². The van der Waals surface area contributed by atoms with Crippen LogP contribution < -0.4 is 0 Å². The Bertz CT molecular complexity index is 80.6. The van der Waals surface area contributed by atoms with Gasteiger partial charge in [0.15, 0.2) is 0 Å². The van der Waals surface area contributed by atoms with E-state index in [9.17, 15) is 0 Å². The predicted molar refractivity (Wildman–Crippen MR) is 55.2 cm³/mol. The Labute approximate surface area is 76.7 Å². The van der Waals surface area contributed by atoms with E-state index in [1.54, 1.807) is 0 Å². The Morgan fingerprint density at radius 2 is 1.42 bits per heavy atom. The second-order valence-electron chi connectivity index (χ2n) is 3.00. The molecule has 0 saturated carbocycles. The number of hydrogen-bond acceptors (Lipinski definition) is 2. The molecule has 0 radical (unpaired) electrons. The Balaban J connectivity index is 3.40. The summed E-state index contributed by atoms with van der Waals surface area (Å²) in [5.74, 6) is 0. The standard InChI is InChI=1S/C9H21O2P/c1-2-7-12(8-3-5-10)9-4-6-11/h10-11H,2-9H2,1H3. The third-order valence-electron chi connectivity index (χ3n) is 1.80. The van der Waals surface area contributed by atoms with Gasteiger partial charge in [-0.3, -0.25) is 0 Å². The lowest BCUT2D eigenvalue weighted by Gasteiger charge is -2.15. The van der Waals surface area contributed by atoms with Crippen LogP contribution in [-0.4, -0.2) is 41.9 Å². The Hall–Kier alpha value is 0.350. The first-order valence-corrected chi connectivity index (χ1v) is 6.69. The maximum absolute atomic E-state index is 8.67. The molecule has 0 saturated heterocycles. The molecule has 0 bridgehead atoms. The van der Waals surface area contributed by atoms with Gasteiger partial charge in [-0.15, -0.1) is 7.92 Å². The van der Waals surface area contributed by atoms with E-state index in [0.29, 0.717) is 13.2 Å². The van der Waals surface area contributed by atoms with E-state index in [1.807, 2.05) is 0 Å². The van der Waals surface area contributed by atoms with Gasteiger partial charge in [-0.25, -0.2) is 0 Å². The fourth-order valence-electron chi connectivity index (χ4n) is 1.24. The van der Waals surface area contributed by atoms with Gasteiger partial charge in [-0.1, -0.05) is 13.3 Å². The highest BCUT2D eigenvalue weighted by Gasteiger charge is 2.05. The molecule has 3 heteroatoms. The first-order chi connectivity index (χ1) is 5.85. The number of aliphatic hydroxyl groups is 2. The Kier molecular flexibility index (Phi) is 9.71. The zero-order chi connectivity index (χ0) is 9.23. The fourth-order valence-corrected chi connectivity index (χ4v) is 3.72. The van der Waals surface area contributed by atoms with Crippen LogP contribution in [0.4, 0.5) is 0 Å². The number of rotatable bonds is 8. The minimum atomic E-state index is 0.107. The molecule has 12 heavy (non-hydrogen) atoms.